The molecule has 1 fully saturated rings. The monoisotopic (exact) mass is 286 g/mol. The molecule has 1 aromatic heterocycles. The maximum Gasteiger partial charge on any atom is 0.267 e. The third-order valence-electron chi connectivity index (χ3n) is 3.15. The van der Waals surface area contributed by atoms with E-state index in [0.717, 1.165) is 19.3 Å². The highest BCUT2D eigenvalue weighted by molar-refractivity contribution is 7.91. The van der Waals surface area contributed by atoms with Crippen LogP contribution in [0.1, 0.15) is 32.0 Å². The number of hydrogen-bond donors (Lipinski definition) is 1. The van der Waals surface area contributed by atoms with Crippen LogP contribution in [0.5, 0.6) is 0 Å². The number of aryl methyl sites for hydroxylation is 1. The van der Waals surface area contributed by atoms with E-state index in [1.165, 1.54) is 0 Å². The van der Waals surface area contributed by atoms with Crippen LogP contribution < -0.4 is 0 Å². The number of sulfone groups is 1. The molecule has 7 nitrogen and oxygen atoms in total. The second-order valence-electron chi connectivity index (χ2n) is 4.62. The molecule has 1 amide bonds. The Balaban J connectivity index is 2.05. The molecule has 0 bridgehead atoms. The standard InChI is InChI=1S/C11H18N4O3S/c1-2-9-12-11(14-13-9)19(17,18)8-10(16)15-6-4-3-5-7-15/h2-8H2,1H3,(H,12,13,14). The lowest BCUT2D eigenvalue weighted by atomic mass is 10.1. The Hall–Kier alpha value is -1.44. The fourth-order valence-electron chi connectivity index (χ4n) is 2.04. The van der Waals surface area contributed by atoms with Crippen molar-refractivity contribution in [2.24, 2.45) is 0 Å². The van der Waals surface area contributed by atoms with Gasteiger partial charge in [0.2, 0.25) is 15.7 Å². The summed E-state index contributed by atoms with van der Waals surface area (Å²) in [4.78, 5) is 17.4. The highest BCUT2D eigenvalue weighted by atomic mass is 32.2. The number of nitrogens with one attached hydrogen (secondary N) is 1. The van der Waals surface area contributed by atoms with Crippen LogP contribution in [0.4, 0.5) is 0 Å². The van der Waals surface area contributed by atoms with E-state index in [-0.39, 0.29) is 11.1 Å². The van der Waals surface area contributed by atoms with Crippen molar-refractivity contribution in [2.75, 3.05) is 18.8 Å². The Kier molecular flexibility index (Phi) is 4.18. The molecular formula is C11H18N4O3S. The summed E-state index contributed by atoms with van der Waals surface area (Å²) in [6.45, 7) is 3.13. The number of likely N-dealkylation sites (tertiary alicyclic amines) is 1. The summed E-state index contributed by atoms with van der Waals surface area (Å²) in [6, 6.07) is 0. The van der Waals surface area contributed by atoms with Gasteiger partial charge in [0.25, 0.3) is 5.16 Å². The summed E-state index contributed by atoms with van der Waals surface area (Å²) in [5.74, 6) is -0.403. The van der Waals surface area contributed by atoms with Crippen molar-refractivity contribution >= 4 is 15.7 Å². The van der Waals surface area contributed by atoms with Gasteiger partial charge in [-0.1, -0.05) is 6.92 Å². The third kappa shape index (κ3) is 3.31. The fraction of sp³-hybridized carbons (Fsp3) is 0.727. The highest BCUT2D eigenvalue weighted by Gasteiger charge is 2.27. The van der Waals surface area contributed by atoms with E-state index in [0.29, 0.717) is 25.3 Å². The normalized spacial score (nSPS) is 16.6. The molecule has 0 saturated carbocycles. The molecular weight excluding hydrogens is 268 g/mol. The van der Waals surface area contributed by atoms with Gasteiger partial charge in [0.15, 0.2) is 0 Å². The minimum atomic E-state index is -3.74. The van der Waals surface area contributed by atoms with Crippen molar-refractivity contribution < 1.29 is 13.2 Å². The topological polar surface area (TPSA) is 96.0 Å². The summed E-state index contributed by atoms with van der Waals surface area (Å²) in [5.41, 5.74) is 0. The molecule has 0 atom stereocenters. The highest BCUT2D eigenvalue weighted by Crippen LogP contribution is 2.11. The van der Waals surface area contributed by atoms with Crippen LogP contribution in [0.2, 0.25) is 0 Å². The molecule has 0 unspecified atom stereocenters. The molecule has 1 saturated heterocycles. The number of carbonyl (C=O) groups excluding carboxylic acids is 1. The predicted octanol–water partition coefficient (Wildman–Crippen LogP) is 0.153. The molecule has 0 aliphatic carbocycles. The summed E-state index contributed by atoms with van der Waals surface area (Å²) < 4.78 is 24.0. The first-order valence-electron chi connectivity index (χ1n) is 6.44. The Bertz CT molecular complexity index is 546. The van der Waals surface area contributed by atoms with Gasteiger partial charge < -0.3 is 4.90 Å². The number of amides is 1. The molecule has 1 aromatic rings. The predicted molar refractivity (Wildman–Crippen MR) is 68.2 cm³/mol. The van der Waals surface area contributed by atoms with Gasteiger partial charge in [-0.3, -0.25) is 9.89 Å². The number of nitrogens with zero attached hydrogens (tertiary/aromatic N) is 3. The van der Waals surface area contributed by atoms with E-state index in [1.807, 2.05) is 6.92 Å². The summed E-state index contributed by atoms with van der Waals surface area (Å²) in [6.07, 6.45) is 3.54. The van der Waals surface area contributed by atoms with Crippen molar-refractivity contribution in [1.82, 2.24) is 20.1 Å². The maximum atomic E-state index is 12.0. The molecule has 19 heavy (non-hydrogen) atoms. The van der Waals surface area contributed by atoms with Gasteiger partial charge >= 0.3 is 0 Å². The molecule has 0 aromatic carbocycles. The van der Waals surface area contributed by atoms with Gasteiger partial charge in [0.05, 0.1) is 0 Å². The van der Waals surface area contributed by atoms with E-state index >= 15 is 0 Å². The zero-order valence-electron chi connectivity index (χ0n) is 10.9. The van der Waals surface area contributed by atoms with Crippen LogP contribution in [0.3, 0.4) is 0 Å². The molecule has 2 heterocycles. The first-order valence-corrected chi connectivity index (χ1v) is 8.10. The van der Waals surface area contributed by atoms with Crippen LogP contribution in [-0.2, 0) is 21.1 Å². The molecule has 1 aliphatic rings. The first-order chi connectivity index (χ1) is 9.03. The molecule has 8 heteroatoms. The lowest BCUT2D eigenvalue weighted by molar-refractivity contribution is -0.129. The Morgan fingerprint density at radius 3 is 2.58 bits per heavy atom. The van der Waals surface area contributed by atoms with Crippen LogP contribution >= 0.6 is 0 Å². The second kappa shape index (κ2) is 5.68. The zero-order chi connectivity index (χ0) is 13.9. The quantitative estimate of drug-likeness (QED) is 0.850. The SMILES string of the molecule is CCc1nc(S(=O)(=O)CC(=O)N2CCCCC2)n[nH]1. The number of hydrogen-bond acceptors (Lipinski definition) is 5. The largest absolute Gasteiger partial charge is 0.342 e. The summed E-state index contributed by atoms with van der Waals surface area (Å²) in [7, 11) is -3.74. The number of piperidine rings is 1. The molecule has 0 radical (unpaired) electrons. The van der Waals surface area contributed by atoms with E-state index < -0.39 is 15.6 Å². The zero-order valence-corrected chi connectivity index (χ0v) is 11.7. The van der Waals surface area contributed by atoms with Gasteiger partial charge in [0.1, 0.15) is 11.6 Å². The van der Waals surface area contributed by atoms with Gasteiger partial charge in [-0.05, 0) is 19.3 Å². The van der Waals surface area contributed by atoms with Crippen LogP contribution in [0.15, 0.2) is 5.16 Å². The number of aromatic nitrogens is 3. The fourth-order valence-corrected chi connectivity index (χ4v) is 3.11. The number of carbonyl (C=O) groups is 1. The van der Waals surface area contributed by atoms with E-state index in [4.69, 9.17) is 0 Å². The molecule has 2 rings (SSSR count). The van der Waals surface area contributed by atoms with Crippen LogP contribution in [-0.4, -0.2) is 53.2 Å². The average molecular weight is 286 g/mol. The molecule has 106 valence electrons. The lowest BCUT2D eigenvalue weighted by Gasteiger charge is -2.26. The van der Waals surface area contributed by atoms with Gasteiger partial charge in [-0.25, -0.2) is 13.4 Å². The number of aromatic amines is 1. The number of rotatable bonds is 4. The molecule has 0 spiro atoms. The summed E-state index contributed by atoms with van der Waals surface area (Å²) in [5, 5.41) is 5.93. The van der Waals surface area contributed by atoms with E-state index in [2.05, 4.69) is 15.2 Å². The van der Waals surface area contributed by atoms with E-state index in [9.17, 15) is 13.2 Å². The van der Waals surface area contributed by atoms with Crippen molar-refractivity contribution in [3.63, 3.8) is 0 Å². The third-order valence-corrected chi connectivity index (χ3v) is 4.51. The van der Waals surface area contributed by atoms with Gasteiger partial charge in [-0.2, -0.15) is 0 Å². The lowest BCUT2D eigenvalue weighted by Crippen LogP contribution is -2.39. The number of H-pyrrole nitrogens is 1. The smallest absolute Gasteiger partial charge is 0.267 e. The minimum absolute atomic E-state index is 0.283. The molecule has 1 N–H and O–H groups in total. The summed E-state index contributed by atoms with van der Waals surface area (Å²) >= 11 is 0. The second-order valence-corrected chi connectivity index (χ2v) is 6.50. The van der Waals surface area contributed by atoms with E-state index in [1.54, 1.807) is 4.90 Å². The minimum Gasteiger partial charge on any atom is -0.342 e. The van der Waals surface area contributed by atoms with Crippen LogP contribution in [0.25, 0.3) is 0 Å². The first kappa shape index (κ1) is 14.0. The van der Waals surface area contributed by atoms with Gasteiger partial charge in [0, 0.05) is 19.5 Å². The van der Waals surface area contributed by atoms with Crippen molar-refractivity contribution in [3.05, 3.63) is 5.82 Å². The van der Waals surface area contributed by atoms with Crippen LogP contribution in [0, 0.1) is 0 Å². The Morgan fingerprint density at radius 2 is 2.00 bits per heavy atom. The van der Waals surface area contributed by atoms with Gasteiger partial charge in [-0.15, -0.1) is 5.10 Å². The Morgan fingerprint density at radius 1 is 1.32 bits per heavy atom. The molecule has 1 aliphatic heterocycles. The average Bonchev–Trinajstić information content (AvgIpc) is 2.89. The Labute approximate surface area is 112 Å². The maximum absolute atomic E-state index is 12.0. The van der Waals surface area contributed by atoms with Crippen molar-refractivity contribution in [3.8, 4) is 0 Å². The van der Waals surface area contributed by atoms with Crippen molar-refractivity contribution in [1.29, 1.82) is 0 Å². The van der Waals surface area contributed by atoms with Crippen molar-refractivity contribution in [2.45, 2.75) is 37.8 Å².